The number of hydrogen-bond acceptors (Lipinski definition) is 5. The maximum absolute atomic E-state index is 13.8. The van der Waals surface area contributed by atoms with Gasteiger partial charge in [0.2, 0.25) is 5.91 Å². The predicted molar refractivity (Wildman–Crippen MR) is 141 cm³/mol. The van der Waals surface area contributed by atoms with E-state index in [2.05, 4.69) is 4.98 Å². The molecule has 0 saturated carbocycles. The second kappa shape index (κ2) is 10.5. The van der Waals surface area contributed by atoms with E-state index in [1.807, 2.05) is 0 Å². The molecule has 3 aromatic carbocycles. The lowest BCUT2D eigenvalue weighted by Crippen LogP contribution is -2.57. The van der Waals surface area contributed by atoms with E-state index in [0.29, 0.717) is 16.8 Å². The lowest BCUT2D eigenvalue weighted by molar-refractivity contribution is -0.123. The number of halogens is 3. The highest BCUT2D eigenvalue weighted by atomic mass is 35.5. The highest BCUT2D eigenvalue weighted by Gasteiger charge is 2.49. The van der Waals surface area contributed by atoms with Crippen LogP contribution in [0.4, 0.5) is 14.5 Å². The lowest BCUT2D eigenvalue weighted by atomic mass is 9.92. The molecule has 37 heavy (non-hydrogen) atoms. The molecule has 1 aliphatic rings. The molecule has 2 heterocycles. The Morgan fingerprint density at radius 1 is 0.973 bits per heavy atom. The Morgan fingerprint density at radius 2 is 1.70 bits per heavy atom. The summed E-state index contributed by atoms with van der Waals surface area (Å²) >= 11 is 7.02. The van der Waals surface area contributed by atoms with Crippen molar-refractivity contribution in [3.8, 4) is 16.9 Å². The van der Waals surface area contributed by atoms with Gasteiger partial charge in [0.05, 0.1) is 23.4 Å². The zero-order valence-electron chi connectivity index (χ0n) is 19.3. The fourth-order valence-corrected chi connectivity index (χ4v) is 5.72. The number of rotatable bonds is 7. The summed E-state index contributed by atoms with van der Waals surface area (Å²) in [7, 11) is 0. The van der Waals surface area contributed by atoms with E-state index in [0.717, 1.165) is 17.3 Å². The van der Waals surface area contributed by atoms with E-state index in [9.17, 15) is 23.8 Å². The van der Waals surface area contributed by atoms with E-state index in [1.165, 1.54) is 30.0 Å². The molecule has 1 saturated heterocycles. The van der Waals surface area contributed by atoms with Crippen molar-refractivity contribution in [1.29, 1.82) is 0 Å². The number of aliphatic hydroxyl groups is 1. The number of anilines is 1. The minimum atomic E-state index is -0.988. The molecule has 188 valence electrons. The zero-order valence-corrected chi connectivity index (χ0v) is 20.8. The number of phenols is 1. The molecule has 5 rings (SSSR count). The van der Waals surface area contributed by atoms with Crippen LogP contribution in [0.5, 0.6) is 5.75 Å². The summed E-state index contributed by atoms with van der Waals surface area (Å²) in [4.78, 5) is 18.8. The number of carbonyl (C=O) groups excluding carboxylic acids is 1. The summed E-state index contributed by atoms with van der Waals surface area (Å²) < 4.78 is 27.4. The van der Waals surface area contributed by atoms with Crippen molar-refractivity contribution in [1.82, 2.24) is 4.98 Å². The van der Waals surface area contributed by atoms with Gasteiger partial charge in [0, 0.05) is 23.2 Å². The van der Waals surface area contributed by atoms with E-state index < -0.39 is 23.0 Å². The largest absolute Gasteiger partial charge is 0.508 e. The molecule has 0 bridgehead atoms. The second-order valence-electron chi connectivity index (χ2n) is 8.63. The van der Waals surface area contributed by atoms with Crippen molar-refractivity contribution in [2.24, 2.45) is 0 Å². The number of hydrogen-bond donors (Lipinski definition) is 2. The van der Waals surface area contributed by atoms with Gasteiger partial charge in [0.1, 0.15) is 22.6 Å². The number of pyridine rings is 1. The number of aromatic hydroxyl groups is 1. The molecule has 0 aliphatic carbocycles. The highest BCUT2D eigenvalue weighted by molar-refractivity contribution is 8.00. The van der Waals surface area contributed by atoms with Crippen LogP contribution in [0.2, 0.25) is 5.02 Å². The maximum atomic E-state index is 13.8. The van der Waals surface area contributed by atoms with E-state index in [-0.39, 0.29) is 28.5 Å². The molecule has 5 nitrogen and oxygen atoms in total. The van der Waals surface area contributed by atoms with Gasteiger partial charge in [0.25, 0.3) is 0 Å². The lowest BCUT2D eigenvalue weighted by Gasteiger charge is -2.47. The predicted octanol–water partition coefficient (Wildman–Crippen LogP) is 6.31. The summed E-state index contributed by atoms with van der Waals surface area (Å²) in [6, 6.07) is 19.0. The van der Waals surface area contributed by atoms with Gasteiger partial charge in [0.15, 0.2) is 0 Å². The Kier molecular flexibility index (Phi) is 7.15. The summed E-state index contributed by atoms with van der Waals surface area (Å²) in [6.45, 7) is 0. The van der Waals surface area contributed by atoms with Crippen LogP contribution in [0.3, 0.4) is 0 Å². The van der Waals surface area contributed by atoms with Gasteiger partial charge in [-0.2, -0.15) is 0 Å². The first-order valence-corrected chi connectivity index (χ1v) is 12.8. The normalized spacial score (nSPS) is 17.9. The van der Waals surface area contributed by atoms with E-state index in [4.69, 9.17) is 11.6 Å². The number of amides is 1. The molecule has 0 unspecified atom stereocenters. The summed E-state index contributed by atoms with van der Waals surface area (Å²) in [5, 5.41) is 19.8. The van der Waals surface area contributed by atoms with Crippen LogP contribution < -0.4 is 4.90 Å². The number of carbonyl (C=O) groups is 1. The fourth-order valence-electron chi connectivity index (χ4n) is 4.30. The van der Waals surface area contributed by atoms with Crippen molar-refractivity contribution in [3.05, 3.63) is 113 Å². The smallest absolute Gasteiger partial charge is 0.243 e. The first-order valence-electron chi connectivity index (χ1n) is 11.4. The highest BCUT2D eigenvalue weighted by Crippen LogP contribution is 2.46. The van der Waals surface area contributed by atoms with Crippen LogP contribution in [0.25, 0.3) is 11.1 Å². The Morgan fingerprint density at radius 3 is 2.38 bits per heavy atom. The standard InChI is InChI=1S/C28H21ClF2N2O3S/c29-23-10-5-18(12-24(23)31)25(35)15-37-27-26(17-3-8-22(34)9-4-17)33(28(27)36)21-6-1-16(2-7-21)19-11-20(30)14-32-13-19/h1-14,25-27,34-35H,15H2/t25-,26+,27+/m0/s1. The second-order valence-corrected chi connectivity index (χ2v) is 10.2. The molecule has 0 spiro atoms. The van der Waals surface area contributed by atoms with Gasteiger partial charge in [-0.1, -0.05) is 41.9 Å². The molecule has 3 atom stereocenters. The SMILES string of the molecule is O=C1[C@H](SC[C@H](O)c2ccc(Cl)c(F)c2)[C@@H](c2ccc(O)cc2)N1c1ccc(-c2cncc(F)c2)cc1. The Labute approximate surface area is 221 Å². The third-order valence-corrected chi connectivity index (χ3v) is 7.86. The van der Waals surface area contributed by atoms with Gasteiger partial charge >= 0.3 is 0 Å². The number of benzene rings is 3. The summed E-state index contributed by atoms with van der Waals surface area (Å²) in [5.74, 6) is -0.911. The summed E-state index contributed by atoms with van der Waals surface area (Å²) in [5.41, 5.74) is 3.24. The molecule has 1 aromatic heterocycles. The van der Waals surface area contributed by atoms with Crippen LogP contribution in [-0.2, 0) is 4.79 Å². The van der Waals surface area contributed by atoms with Gasteiger partial charge < -0.3 is 15.1 Å². The maximum Gasteiger partial charge on any atom is 0.243 e. The first-order chi connectivity index (χ1) is 17.8. The van der Waals surface area contributed by atoms with E-state index >= 15 is 0 Å². The van der Waals surface area contributed by atoms with Gasteiger partial charge in [-0.15, -0.1) is 11.8 Å². The van der Waals surface area contributed by atoms with Crippen molar-refractivity contribution in [2.75, 3.05) is 10.7 Å². The Bertz CT molecular complexity index is 1440. The third kappa shape index (κ3) is 5.18. The molecular weight excluding hydrogens is 518 g/mol. The molecule has 2 N–H and O–H groups in total. The quantitative estimate of drug-likeness (QED) is 0.270. The number of thioether (sulfide) groups is 1. The molecular formula is C28H21ClF2N2O3S. The zero-order chi connectivity index (χ0) is 26.1. The van der Waals surface area contributed by atoms with Crippen molar-refractivity contribution in [2.45, 2.75) is 17.4 Å². The number of aliphatic hydroxyl groups excluding tert-OH is 1. The van der Waals surface area contributed by atoms with Crippen molar-refractivity contribution in [3.63, 3.8) is 0 Å². The number of nitrogens with zero attached hydrogens (tertiary/aromatic N) is 2. The van der Waals surface area contributed by atoms with Gasteiger partial charge in [-0.25, -0.2) is 8.78 Å². The molecule has 4 aromatic rings. The van der Waals surface area contributed by atoms with Crippen molar-refractivity contribution < 1.29 is 23.8 Å². The van der Waals surface area contributed by atoms with Crippen molar-refractivity contribution >= 4 is 35.0 Å². The van der Waals surface area contributed by atoms with Crippen LogP contribution >= 0.6 is 23.4 Å². The average molecular weight is 539 g/mol. The fraction of sp³-hybridized carbons (Fsp3) is 0.143. The molecule has 9 heteroatoms. The molecule has 1 aliphatic heterocycles. The van der Waals surface area contributed by atoms with E-state index in [1.54, 1.807) is 65.7 Å². The average Bonchev–Trinajstić information content (AvgIpc) is 2.90. The van der Waals surface area contributed by atoms with Gasteiger partial charge in [-0.05, 0) is 59.2 Å². The Hall–Kier alpha value is -3.46. The Balaban J connectivity index is 1.37. The van der Waals surface area contributed by atoms with Crippen LogP contribution in [0.15, 0.2) is 85.2 Å². The van der Waals surface area contributed by atoms with Crippen LogP contribution in [0, 0.1) is 11.6 Å². The van der Waals surface area contributed by atoms with Crippen LogP contribution in [-0.4, -0.2) is 32.1 Å². The van der Waals surface area contributed by atoms with Crippen LogP contribution in [0.1, 0.15) is 23.3 Å². The first kappa shape index (κ1) is 25.2. The minimum Gasteiger partial charge on any atom is -0.508 e. The molecule has 0 radical (unpaired) electrons. The monoisotopic (exact) mass is 538 g/mol. The molecule has 1 amide bonds. The number of phenolic OH excluding ortho intramolecular Hbond substituents is 1. The topological polar surface area (TPSA) is 73.7 Å². The van der Waals surface area contributed by atoms with Gasteiger partial charge in [-0.3, -0.25) is 9.78 Å². The number of β-lactam (4-membered cyclic amide) rings is 1. The minimum absolute atomic E-state index is 0.0273. The summed E-state index contributed by atoms with van der Waals surface area (Å²) in [6.07, 6.45) is 1.71. The molecule has 1 fully saturated rings. The third-order valence-electron chi connectivity index (χ3n) is 6.23. The number of aromatic nitrogens is 1.